The molecule has 2 aromatic rings. The molecule has 0 spiro atoms. The second-order valence-electron chi connectivity index (χ2n) is 7.15. The van der Waals surface area contributed by atoms with Gasteiger partial charge in [-0.15, -0.1) is 0 Å². The van der Waals surface area contributed by atoms with Crippen molar-refractivity contribution in [3.63, 3.8) is 0 Å². The van der Waals surface area contributed by atoms with Gasteiger partial charge in [-0.1, -0.05) is 60.7 Å². The quantitative estimate of drug-likeness (QED) is 0.438. The molecule has 7 nitrogen and oxygen atoms in total. The smallest absolute Gasteiger partial charge is 0.325 e. The molecule has 2 aromatic carbocycles. The number of nitrogens with one attached hydrogen (secondary N) is 1. The lowest BCUT2D eigenvalue weighted by molar-refractivity contribution is -0.141. The van der Waals surface area contributed by atoms with Crippen LogP contribution in [-0.4, -0.2) is 39.9 Å². The second-order valence-corrected chi connectivity index (χ2v) is 9.69. The first-order valence-electron chi connectivity index (χ1n) is 9.37. The summed E-state index contributed by atoms with van der Waals surface area (Å²) >= 11 is 0. The predicted molar refractivity (Wildman–Crippen MR) is 112 cm³/mol. The Morgan fingerprint density at radius 2 is 1.48 bits per heavy atom. The molecule has 156 valence electrons. The van der Waals surface area contributed by atoms with Crippen LogP contribution < -0.4 is 11.1 Å². The van der Waals surface area contributed by atoms with Crippen molar-refractivity contribution < 1.29 is 24.2 Å². The number of benzene rings is 2. The van der Waals surface area contributed by atoms with Gasteiger partial charge in [0.15, 0.2) is 0 Å². The zero-order chi connectivity index (χ0) is 21.4. The molecule has 0 aliphatic carbocycles. The van der Waals surface area contributed by atoms with E-state index in [1.54, 1.807) is 0 Å². The van der Waals surface area contributed by atoms with Gasteiger partial charge in [-0.25, -0.2) is 0 Å². The number of carbonyl (C=O) groups excluding carboxylic acids is 1. The molecule has 0 saturated heterocycles. The SMILES string of the molecule is C[C@H](NC(=O)C(Cc1ccccc1)CP(=O)(O)C(N)Cc1ccccc1)C(=O)O. The van der Waals surface area contributed by atoms with Crippen LogP contribution in [0, 0.1) is 5.92 Å². The predicted octanol–water partition coefficient (Wildman–Crippen LogP) is 2.23. The molecule has 29 heavy (non-hydrogen) atoms. The molecule has 0 bridgehead atoms. The van der Waals surface area contributed by atoms with Crippen LogP contribution in [0.5, 0.6) is 0 Å². The molecule has 0 heterocycles. The molecule has 4 atom stereocenters. The van der Waals surface area contributed by atoms with Crippen molar-refractivity contribution in [1.29, 1.82) is 0 Å². The monoisotopic (exact) mass is 418 g/mol. The van der Waals surface area contributed by atoms with Crippen molar-refractivity contribution in [2.75, 3.05) is 6.16 Å². The van der Waals surface area contributed by atoms with Crippen molar-refractivity contribution in [2.24, 2.45) is 11.7 Å². The molecule has 0 aliphatic rings. The molecule has 0 fully saturated rings. The van der Waals surface area contributed by atoms with E-state index >= 15 is 0 Å². The van der Waals surface area contributed by atoms with E-state index in [0.29, 0.717) is 0 Å². The van der Waals surface area contributed by atoms with Gasteiger partial charge in [0.2, 0.25) is 13.3 Å². The lowest BCUT2D eigenvalue weighted by Gasteiger charge is -2.25. The minimum absolute atomic E-state index is 0.208. The summed E-state index contributed by atoms with van der Waals surface area (Å²) in [5.41, 5.74) is 7.68. The summed E-state index contributed by atoms with van der Waals surface area (Å²) in [4.78, 5) is 34.4. The van der Waals surface area contributed by atoms with E-state index in [1.165, 1.54) is 6.92 Å². The van der Waals surface area contributed by atoms with E-state index in [1.807, 2.05) is 60.7 Å². The Kier molecular flexibility index (Phi) is 8.14. The van der Waals surface area contributed by atoms with Gasteiger partial charge < -0.3 is 21.1 Å². The average Bonchev–Trinajstić information content (AvgIpc) is 2.68. The van der Waals surface area contributed by atoms with Gasteiger partial charge >= 0.3 is 5.97 Å². The highest BCUT2D eigenvalue weighted by atomic mass is 31.2. The summed E-state index contributed by atoms with van der Waals surface area (Å²) in [5, 5.41) is 11.4. The number of hydrogen-bond acceptors (Lipinski definition) is 4. The Bertz CT molecular complexity index is 860. The maximum absolute atomic E-state index is 13.0. The summed E-state index contributed by atoms with van der Waals surface area (Å²) in [5.74, 6) is -3.65. The molecule has 0 radical (unpaired) electrons. The van der Waals surface area contributed by atoms with Crippen LogP contribution in [0.2, 0.25) is 0 Å². The van der Waals surface area contributed by atoms with E-state index in [-0.39, 0.29) is 19.0 Å². The Morgan fingerprint density at radius 3 is 1.97 bits per heavy atom. The molecule has 5 N–H and O–H groups in total. The molecule has 0 aromatic heterocycles. The van der Waals surface area contributed by atoms with Gasteiger partial charge in [0.25, 0.3) is 0 Å². The number of carboxylic acid groups (broad SMARTS) is 1. The summed E-state index contributed by atoms with van der Waals surface area (Å²) < 4.78 is 13.0. The van der Waals surface area contributed by atoms with Crippen LogP contribution >= 0.6 is 7.37 Å². The maximum atomic E-state index is 13.0. The van der Waals surface area contributed by atoms with E-state index in [2.05, 4.69) is 5.32 Å². The first-order valence-corrected chi connectivity index (χ1v) is 11.3. The minimum atomic E-state index is -3.89. The number of rotatable bonds is 10. The van der Waals surface area contributed by atoms with Crippen LogP contribution in [0.4, 0.5) is 0 Å². The molecule has 0 saturated carbocycles. The molecular formula is C21H27N2O5P. The summed E-state index contributed by atoms with van der Waals surface area (Å²) in [6.45, 7) is 1.35. The molecule has 1 amide bonds. The summed E-state index contributed by atoms with van der Waals surface area (Å²) in [6.07, 6.45) is 0.0928. The number of nitrogens with two attached hydrogens (primary N) is 1. The van der Waals surface area contributed by atoms with Crippen molar-refractivity contribution in [1.82, 2.24) is 5.32 Å². The number of hydrogen-bond donors (Lipinski definition) is 4. The Morgan fingerprint density at radius 1 is 1.00 bits per heavy atom. The Labute approximate surface area is 170 Å². The number of carbonyl (C=O) groups is 2. The first-order chi connectivity index (χ1) is 13.7. The van der Waals surface area contributed by atoms with Gasteiger partial charge in [0.1, 0.15) is 6.04 Å². The maximum Gasteiger partial charge on any atom is 0.325 e. The summed E-state index contributed by atoms with van der Waals surface area (Å²) in [7, 11) is -3.89. The van der Waals surface area contributed by atoms with Gasteiger partial charge in [0.05, 0.1) is 11.7 Å². The largest absolute Gasteiger partial charge is 0.480 e. The normalized spacial score (nSPS) is 16.2. The highest BCUT2D eigenvalue weighted by Gasteiger charge is 2.35. The topological polar surface area (TPSA) is 130 Å². The lowest BCUT2D eigenvalue weighted by Crippen LogP contribution is -2.43. The fourth-order valence-electron chi connectivity index (χ4n) is 2.98. The van der Waals surface area contributed by atoms with Crippen LogP contribution in [-0.2, 0) is 27.0 Å². The highest BCUT2D eigenvalue weighted by Crippen LogP contribution is 2.47. The molecular weight excluding hydrogens is 391 g/mol. The van der Waals surface area contributed by atoms with Crippen molar-refractivity contribution in [3.8, 4) is 0 Å². The van der Waals surface area contributed by atoms with E-state index < -0.39 is 37.0 Å². The van der Waals surface area contributed by atoms with Gasteiger partial charge in [-0.3, -0.25) is 14.2 Å². The summed E-state index contributed by atoms with van der Waals surface area (Å²) in [6, 6.07) is 17.1. The molecule has 0 aliphatic heterocycles. The lowest BCUT2D eigenvalue weighted by atomic mass is 10.00. The highest BCUT2D eigenvalue weighted by molar-refractivity contribution is 7.58. The molecule has 8 heteroatoms. The standard InChI is InChI=1S/C21H27N2O5P/c1-15(21(25)26)23-20(24)18(12-16-8-4-2-5-9-16)14-29(27,28)19(22)13-17-10-6-3-7-11-17/h2-11,15,18-19H,12-14,22H2,1H3,(H,23,24)(H,25,26)(H,27,28)/t15-,18?,19?/m0/s1. The Hall–Kier alpha value is -2.47. The van der Waals surface area contributed by atoms with Gasteiger partial charge in [0, 0.05) is 6.16 Å². The molecule has 2 rings (SSSR count). The minimum Gasteiger partial charge on any atom is -0.480 e. The zero-order valence-electron chi connectivity index (χ0n) is 16.3. The van der Waals surface area contributed by atoms with E-state index in [4.69, 9.17) is 10.8 Å². The zero-order valence-corrected chi connectivity index (χ0v) is 17.2. The first kappa shape index (κ1) is 22.8. The Balaban J connectivity index is 2.16. The van der Waals surface area contributed by atoms with Crippen LogP contribution in [0.15, 0.2) is 60.7 Å². The van der Waals surface area contributed by atoms with E-state index in [0.717, 1.165) is 11.1 Å². The van der Waals surface area contributed by atoms with Gasteiger partial charge in [-0.2, -0.15) is 0 Å². The van der Waals surface area contributed by atoms with Gasteiger partial charge in [-0.05, 0) is 30.9 Å². The number of amides is 1. The number of aliphatic carboxylic acids is 1. The number of carboxylic acids is 1. The fraction of sp³-hybridized carbons (Fsp3) is 0.333. The van der Waals surface area contributed by atoms with Crippen LogP contribution in [0.1, 0.15) is 18.1 Å². The van der Waals surface area contributed by atoms with Crippen molar-refractivity contribution >= 4 is 19.2 Å². The third-order valence-corrected chi connectivity index (χ3v) is 6.90. The van der Waals surface area contributed by atoms with Crippen LogP contribution in [0.25, 0.3) is 0 Å². The van der Waals surface area contributed by atoms with E-state index in [9.17, 15) is 19.0 Å². The van der Waals surface area contributed by atoms with Crippen molar-refractivity contribution in [2.45, 2.75) is 31.6 Å². The average molecular weight is 418 g/mol. The van der Waals surface area contributed by atoms with Crippen molar-refractivity contribution in [3.05, 3.63) is 71.8 Å². The fourth-order valence-corrected chi connectivity index (χ4v) is 4.67. The third-order valence-electron chi connectivity index (χ3n) is 4.71. The van der Waals surface area contributed by atoms with Crippen LogP contribution in [0.3, 0.4) is 0 Å². The molecule has 3 unspecified atom stereocenters. The second kappa shape index (κ2) is 10.3. The third kappa shape index (κ3) is 7.13.